The number of ether oxygens (including phenoxy) is 1. The predicted octanol–water partition coefficient (Wildman–Crippen LogP) is 3.70. The third-order valence-electron chi connectivity index (χ3n) is 5.64. The van der Waals surface area contributed by atoms with E-state index in [-0.39, 0.29) is 12.5 Å². The van der Waals surface area contributed by atoms with Crippen molar-refractivity contribution in [2.24, 2.45) is 0 Å². The molecule has 0 spiro atoms. The van der Waals surface area contributed by atoms with Crippen molar-refractivity contribution in [2.45, 2.75) is 12.2 Å². The molecule has 2 aromatic carbocycles. The largest absolute Gasteiger partial charge is 0.416 e. The van der Waals surface area contributed by atoms with Crippen LogP contribution in [0.3, 0.4) is 0 Å². The quantitative estimate of drug-likeness (QED) is 0.513. The molecule has 10 heteroatoms. The van der Waals surface area contributed by atoms with E-state index in [1.54, 1.807) is 40.0 Å². The van der Waals surface area contributed by atoms with Crippen LogP contribution in [-0.2, 0) is 10.9 Å². The van der Waals surface area contributed by atoms with Gasteiger partial charge in [-0.25, -0.2) is 9.97 Å². The molecule has 0 aliphatic carbocycles. The molecule has 1 aliphatic rings. The van der Waals surface area contributed by atoms with E-state index >= 15 is 0 Å². The Kier molecular flexibility index (Phi) is 4.74. The predicted molar refractivity (Wildman–Crippen MR) is 111 cm³/mol. The van der Waals surface area contributed by atoms with Gasteiger partial charge in [0, 0.05) is 12.1 Å². The molecule has 5 rings (SSSR count). The van der Waals surface area contributed by atoms with Crippen LogP contribution in [0.2, 0.25) is 0 Å². The molecular weight excluding hydrogens is 423 g/mol. The molecule has 2 N–H and O–H groups in total. The first-order chi connectivity index (χ1) is 15.3. The average molecular weight is 441 g/mol. The number of hydrogen-bond donors (Lipinski definition) is 1. The highest BCUT2D eigenvalue weighted by Crippen LogP contribution is 2.32. The molecule has 7 nitrogen and oxygen atoms in total. The van der Waals surface area contributed by atoms with Gasteiger partial charge in [0.05, 0.1) is 48.4 Å². The molecular formula is C22H18F3N5O2. The van der Waals surface area contributed by atoms with Gasteiger partial charge >= 0.3 is 6.18 Å². The van der Waals surface area contributed by atoms with Crippen molar-refractivity contribution < 1.29 is 22.7 Å². The summed E-state index contributed by atoms with van der Waals surface area (Å²) in [7, 11) is 0. The van der Waals surface area contributed by atoms with Crippen molar-refractivity contribution in [3.63, 3.8) is 0 Å². The highest BCUT2D eigenvalue weighted by Gasteiger charge is 2.33. The van der Waals surface area contributed by atoms with Gasteiger partial charge in [-0.2, -0.15) is 13.2 Å². The Morgan fingerprint density at radius 1 is 1.12 bits per heavy atom. The molecule has 1 aliphatic heterocycles. The Balaban J connectivity index is 1.50. The molecule has 1 atom stereocenters. The number of nitrogens with two attached hydrogens (primary N) is 1. The number of benzene rings is 2. The summed E-state index contributed by atoms with van der Waals surface area (Å²) in [6.45, 7) is 0.873. The molecule has 0 saturated carbocycles. The maximum Gasteiger partial charge on any atom is 0.416 e. The molecule has 0 bridgehead atoms. The molecule has 1 saturated heterocycles. The molecule has 1 unspecified atom stereocenters. The maximum atomic E-state index is 13.4. The third-order valence-corrected chi connectivity index (χ3v) is 5.64. The Bertz CT molecular complexity index is 1320. The minimum absolute atomic E-state index is 0.203. The van der Waals surface area contributed by atoms with Crippen LogP contribution >= 0.6 is 0 Å². The number of amides is 1. The fourth-order valence-corrected chi connectivity index (χ4v) is 3.99. The minimum Gasteiger partial charge on any atom is -0.382 e. The van der Waals surface area contributed by atoms with E-state index in [4.69, 9.17) is 10.5 Å². The lowest BCUT2D eigenvalue weighted by Gasteiger charge is -2.36. The van der Waals surface area contributed by atoms with Crippen LogP contribution in [0.25, 0.3) is 16.6 Å². The summed E-state index contributed by atoms with van der Waals surface area (Å²) in [5, 5.41) is 0. The van der Waals surface area contributed by atoms with Crippen molar-refractivity contribution >= 4 is 28.3 Å². The summed E-state index contributed by atoms with van der Waals surface area (Å²) in [5.41, 5.74) is 8.18. The van der Waals surface area contributed by atoms with Crippen LogP contribution in [0.1, 0.15) is 27.5 Å². The molecule has 0 radical (unpaired) electrons. The monoisotopic (exact) mass is 441 g/mol. The number of nitrogens with zero attached hydrogens (tertiary/aromatic N) is 4. The van der Waals surface area contributed by atoms with Gasteiger partial charge in [0.25, 0.3) is 5.91 Å². The van der Waals surface area contributed by atoms with Gasteiger partial charge in [-0.05, 0) is 35.9 Å². The zero-order valence-corrected chi connectivity index (χ0v) is 16.7. The summed E-state index contributed by atoms with van der Waals surface area (Å²) >= 11 is 0. The van der Waals surface area contributed by atoms with Crippen LogP contribution in [-0.4, -0.2) is 44.9 Å². The standard InChI is InChI=1S/C22H18F3N5O2/c23-22(24,25)15-4-1-13(2-5-15)19-11-32-8-7-29(19)21(31)14-3-6-16-17(9-14)30-12-27-10-18(30)20(26)28-16/h1-6,9-10,12,19H,7-8,11H2,(H2,26,28). The SMILES string of the molecule is Nc1nc2ccc(C(=O)N3CCOCC3c3ccc(C(F)(F)F)cc3)cc2n2cncc12. The average Bonchev–Trinajstić information content (AvgIpc) is 3.29. The normalized spacial score (nSPS) is 17.2. The van der Waals surface area contributed by atoms with Gasteiger partial charge in [0.1, 0.15) is 11.3 Å². The lowest BCUT2D eigenvalue weighted by Crippen LogP contribution is -2.43. The number of hydrogen-bond acceptors (Lipinski definition) is 5. The van der Waals surface area contributed by atoms with Crippen LogP contribution in [0.5, 0.6) is 0 Å². The summed E-state index contributed by atoms with van der Waals surface area (Å²) in [5.74, 6) is 0.0924. The van der Waals surface area contributed by atoms with Gasteiger partial charge < -0.3 is 15.4 Å². The second-order valence-corrected chi connectivity index (χ2v) is 7.56. The zero-order chi connectivity index (χ0) is 22.5. The Hall–Kier alpha value is -3.66. The van der Waals surface area contributed by atoms with E-state index in [0.29, 0.717) is 46.6 Å². The smallest absolute Gasteiger partial charge is 0.382 e. The number of anilines is 1. The Labute approximate surface area is 180 Å². The number of imidazole rings is 1. The lowest BCUT2D eigenvalue weighted by atomic mass is 10.0. The van der Waals surface area contributed by atoms with E-state index in [1.165, 1.54) is 12.1 Å². The third kappa shape index (κ3) is 3.42. The molecule has 2 aromatic heterocycles. The number of fused-ring (bicyclic) bond motifs is 3. The molecule has 1 fully saturated rings. The van der Waals surface area contributed by atoms with Crippen molar-refractivity contribution in [2.75, 3.05) is 25.5 Å². The number of nitrogen functional groups attached to an aromatic ring is 1. The van der Waals surface area contributed by atoms with Crippen molar-refractivity contribution in [1.29, 1.82) is 0 Å². The summed E-state index contributed by atoms with van der Waals surface area (Å²) in [4.78, 5) is 23.5. The van der Waals surface area contributed by atoms with E-state index < -0.39 is 17.8 Å². The first-order valence-electron chi connectivity index (χ1n) is 9.90. The first-order valence-corrected chi connectivity index (χ1v) is 9.90. The lowest BCUT2D eigenvalue weighted by molar-refractivity contribution is -0.137. The maximum absolute atomic E-state index is 13.4. The number of aromatic nitrogens is 3. The minimum atomic E-state index is -4.42. The van der Waals surface area contributed by atoms with E-state index in [2.05, 4.69) is 9.97 Å². The fraction of sp³-hybridized carbons (Fsp3) is 0.227. The van der Waals surface area contributed by atoms with E-state index in [1.807, 2.05) is 0 Å². The number of alkyl halides is 3. The van der Waals surface area contributed by atoms with Crippen LogP contribution in [0.15, 0.2) is 55.0 Å². The fourth-order valence-electron chi connectivity index (χ4n) is 3.99. The number of rotatable bonds is 2. The van der Waals surface area contributed by atoms with Gasteiger partial charge in [-0.15, -0.1) is 0 Å². The summed E-state index contributed by atoms with van der Waals surface area (Å²) in [6.07, 6.45) is -1.22. The van der Waals surface area contributed by atoms with Gasteiger partial charge in [-0.1, -0.05) is 12.1 Å². The van der Waals surface area contributed by atoms with Crippen molar-refractivity contribution in [3.8, 4) is 0 Å². The Morgan fingerprint density at radius 2 is 1.91 bits per heavy atom. The number of morpholine rings is 1. The van der Waals surface area contributed by atoms with Crippen LogP contribution in [0.4, 0.5) is 19.0 Å². The number of halogens is 3. The highest BCUT2D eigenvalue weighted by molar-refractivity contribution is 5.98. The second-order valence-electron chi connectivity index (χ2n) is 7.56. The summed E-state index contributed by atoms with van der Waals surface area (Å²) in [6, 6.07) is 9.44. The van der Waals surface area contributed by atoms with Gasteiger partial charge in [-0.3, -0.25) is 9.20 Å². The van der Waals surface area contributed by atoms with Gasteiger partial charge in [0.2, 0.25) is 0 Å². The van der Waals surface area contributed by atoms with Gasteiger partial charge in [0.15, 0.2) is 0 Å². The highest BCUT2D eigenvalue weighted by atomic mass is 19.4. The molecule has 164 valence electrons. The number of carbonyl (C=O) groups excluding carboxylic acids is 1. The van der Waals surface area contributed by atoms with Crippen LogP contribution < -0.4 is 5.73 Å². The zero-order valence-electron chi connectivity index (χ0n) is 16.7. The molecule has 32 heavy (non-hydrogen) atoms. The molecule has 3 heterocycles. The van der Waals surface area contributed by atoms with Crippen molar-refractivity contribution in [3.05, 3.63) is 71.7 Å². The van der Waals surface area contributed by atoms with E-state index in [9.17, 15) is 18.0 Å². The second kappa shape index (κ2) is 7.49. The van der Waals surface area contributed by atoms with Crippen molar-refractivity contribution in [1.82, 2.24) is 19.3 Å². The van der Waals surface area contributed by atoms with Crippen LogP contribution in [0, 0.1) is 0 Å². The number of carbonyl (C=O) groups is 1. The summed E-state index contributed by atoms with van der Waals surface area (Å²) < 4.78 is 46.1. The molecule has 1 amide bonds. The van der Waals surface area contributed by atoms with E-state index in [0.717, 1.165) is 12.1 Å². The molecule has 4 aromatic rings. The topological polar surface area (TPSA) is 85.8 Å². The first kappa shape index (κ1) is 20.3. The Morgan fingerprint density at radius 3 is 2.66 bits per heavy atom.